The number of rotatable bonds is 4. The van der Waals surface area contributed by atoms with Crippen molar-refractivity contribution < 1.29 is 9.90 Å². The Morgan fingerprint density at radius 2 is 2.10 bits per heavy atom. The third-order valence-electron chi connectivity index (χ3n) is 3.70. The molecule has 20 heavy (non-hydrogen) atoms. The van der Waals surface area contributed by atoms with Crippen LogP contribution in [0.5, 0.6) is 0 Å². The number of aliphatic hydroxyl groups excluding tert-OH is 1. The molecule has 0 aromatic heterocycles. The first-order chi connectivity index (χ1) is 9.74. The highest BCUT2D eigenvalue weighted by atomic mass is 16.3. The second-order valence-corrected chi connectivity index (χ2v) is 5.12. The highest BCUT2D eigenvalue weighted by Gasteiger charge is 2.20. The normalized spacial score (nSPS) is 17.0. The number of aliphatic hydroxyl groups is 1. The number of carbonyl (C=O) groups excluding carboxylic acids is 1. The Morgan fingerprint density at radius 3 is 2.85 bits per heavy atom. The summed E-state index contributed by atoms with van der Waals surface area (Å²) in [5.74, 6) is 0.0751. The molecule has 1 aromatic rings. The minimum Gasteiger partial charge on any atom is -0.395 e. The quantitative estimate of drug-likeness (QED) is 0.830. The molecule has 1 fully saturated rings. The van der Waals surface area contributed by atoms with Crippen LogP contribution in [0.2, 0.25) is 0 Å². The van der Waals surface area contributed by atoms with Crippen molar-refractivity contribution in [1.29, 1.82) is 0 Å². The average molecular weight is 277 g/mol. The van der Waals surface area contributed by atoms with E-state index in [1.165, 1.54) is 0 Å². The molecular formula is C15H23N3O2. The number of carbonyl (C=O) groups is 1. The van der Waals surface area contributed by atoms with Gasteiger partial charge in [-0.1, -0.05) is 12.1 Å². The number of nitrogens with zero attached hydrogens (tertiary/aromatic N) is 2. The second kappa shape index (κ2) is 7.38. The van der Waals surface area contributed by atoms with Crippen molar-refractivity contribution in [2.24, 2.45) is 5.73 Å². The van der Waals surface area contributed by atoms with E-state index in [1.807, 2.05) is 29.2 Å². The van der Waals surface area contributed by atoms with Gasteiger partial charge in [0.05, 0.1) is 6.61 Å². The fourth-order valence-corrected chi connectivity index (χ4v) is 2.55. The molecule has 5 nitrogen and oxygen atoms in total. The molecule has 1 saturated heterocycles. The summed E-state index contributed by atoms with van der Waals surface area (Å²) in [7, 11) is 0. The van der Waals surface area contributed by atoms with Crippen LogP contribution in [-0.4, -0.2) is 60.1 Å². The standard InChI is InChI=1S/C15H23N3O2/c16-12-13-3-1-4-14(11-13)15(20)18-6-2-5-17(7-8-18)9-10-19/h1,3-4,11,19H,2,5-10,12,16H2. The number of nitrogens with two attached hydrogens (primary N) is 1. The largest absolute Gasteiger partial charge is 0.395 e. The Balaban J connectivity index is 2.01. The van der Waals surface area contributed by atoms with E-state index >= 15 is 0 Å². The van der Waals surface area contributed by atoms with Crippen molar-refractivity contribution in [3.63, 3.8) is 0 Å². The van der Waals surface area contributed by atoms with Gasteiger partial charge in [0.2, 0.25) is 0 Å². The van der Waals surface area contributed by atoms with Crippen molar-refractivity contribution in [3.8, 4) is 0 Å². The highest BCUT2D eigenvalue weighted by Crippen LogP contribution is 2.11. The molecule has 5 heteroatoms. The zero-order valence-corrected chi connectivity index (χ0v) is 11.8. The number of β-amino-alcohol motifs (C(OH)–C–C–N with tert-alkyl or cyclic N) is 1. The third-order valence-corrected chi connectivity index (χ3v) is 3.70. The molecule has 110 valence electrons. The van der Waals surface area contributed by atoms with E-state index < -0.39 is 0 Å². The van der Waals surface area contributed by atoms with Crippen LogP contribution in [0, 0.1) is 0 Å². The molecule has 1 aliphatic heterocycles. The molecule has 0 aliphatic carbocycles. The molecule has 0 bridgehead atoms. The van der Waals surface area contributed by atoms with Gasteiger partial charge in [-0.3, -0.25) is 9.69 Å². The molecule has 1 aromatic carbocycles. The van der Waals surface area contributed by atoms with Gasteiger partial charge in [-0.15, -0.1) is 0 Å². The molecule has 0 radical (unpaired) electrons. The minimum absolute atomic E-state index is 0.0751. The first-order valence-electron chi connectivity index (χ1n) is 7.16. The van der Waals surface area contributed by atoms with Crippen LogP contribution in [0.4, 0.5) is 0 Å². The van der Waals surface area contributed by atoms with Crippen molar-refractivity contribution in [2.75, 3.05) is 39.3 Å². The summed E-state index contributed by atoms with van der Waals surface area (Å²) in [6.07, 6.45) is 0.947. The summed E-state index contributed by atoms with van der Waals surface area (Å²) >= 11 is 0. The minimum atomic E-state index is 0.0751. The molecule has 0 saturated carbocycles. The summed E-state index contributed by atoms with van der Waals surface area (Å²) in [6.45, 7) is 4.55. The van der Waals surface area contributed by atoms with E-state index in [-0.39, 0.29) is 12.5 Å². The van der Waals surface area contributed by atoms with Gasteiger partial charge in [-0.25, -0.2) is 0 Å². The molecule has 3 N–H and O–H groups in total. The zero-order valence-electron chi connectivity index (χ0n) is 11.8. The SMILES string of the molecule is NCc1cccc(C(=O)N2CCCN(CCO)CC2)c1. The van der Waals surface area contributed by atoms with Crippen LogP contribution in [0.25, 0.3) is 0 Å². The van der Waals surface area contributed by atoms with E-state index in [2.05, 4.69) is 4.90 Å². The van der Waals surface area contributed by atoms with Crippen LogP contribution in [0.15, 0.2) is 24.3 Å². The van der Waals surface area contributed by atoms with Gasteiger partial charge in [-0.2, -0.15) is 0 Å². The summed E-state index contributed by atoms with van der Waals surface area (Å²) < 4.78 is 0. The highest BCUT2D eigenvalue weighted by molar-refractivity contribution is 5.94. The van der Waals surface area contributed by atoms with E-state index in [0.29, 0.717) is 25.2 Å². The lowest BCUT2D eigenvalue weighted by molar-refractivity contribution is 0.0760. The maximum absolute atomic E-state index is 12.5. The Morgan fingerprint density at radius 1 is 1.25 bits per heavy atom. The smallest absolute Gasteiger partial charge is 0.253 e. The van der Waals surface area contributed by atoms with Crippen LogP contribution < -0.4 is 5.73 Å². The van der Waals surface area contributed by atoms with E-state index in [4.69, 9.17) is 10.8 Å². The lowest BCUT2D eigenvalue weighted by atomic mass is 10.1. The lowest BCUT2D eigenvalue weighted by Crippen LogP contribution is -2.36. The fourth-order valence-electron chi connectivity index (χ4n) is 2.55. The van der Waals surface area contributed by atoms with Gasteiger partial charge < -0.3 is 15.7 Å². The number of benzene rings is 1. The van der Waals surface area contributed by atoms with Crippen molar-refractivity contribution in [2.45, 2.75) is 13.0 Å². The van der Waals surface area contributed by atoms with Gasteiger partial charge in [0.25, 0.3) is 5.91 Å². The van der Waals surface area contributed by atoms with Crippen molar-refractivity contribution in [1.82, 2.24) is 9.80 Å². The van der Waals surface area contributed by atoms with E-state index in [0.717, 1.165) is 31.6 Å². The van der Waals surface area contributed by atoms with Gasteiger partial charge in [0, 0.05) is 38.3 Å². The molecular weight excluding hydrogens is 254 g/mol. The number of amides is 1. The predicted molar refractivity (Wildman–Crippen MR) is 78.4 cm³/mol. The Hall–Kier alpha value is -1.43. The molecule has 2 rings (SSSR count). The van der Waals surface area contributed by atoms with Gasteiger partial charge in [0.1, 0.15) is 0 Å². The fraction of sp³-hybridized carbons (Fsp3) is 0.533. The van der Waals surface area contributed by atoms with Crippen LogP contribution >= 0.6 is 0 Å². The van der Waals surface area contributed by atoms with Crippen LogP contribution in [0.3, 0.4) is 0 Å². The second-order valence-electron chi connectivity index (χ2n) is 5.12. The number of hydrogen-bond acceptors (Lipinski definition) is 4. The lowest BCUT2D eigenvalue weighted by Gasteiger charge is -2.21. The van der Waals surface area contributed by atoms with Crippen LogP contribution in [0.1, 0.15) is 22.3 Å². The maximum atomic E-state index is 12.5. The predicted octanol–water partition coefficient (Wildman–Crippen LogP) is 0.286. The molecule has 0 unspecified atom stereocenters. The first-order valence-corrected chi connectivity index (χ1v) is 7.16. The van der Waals surface area contributed by atoms with Gasteiger partial charge in [0.15, 0.2) is 0 Å². The summed E-state index contributed by atoms with van der Waals surface area (Å²) in [4.78, 5) is 16.6. The van der Waals surface area contributed by atoms with Gasteiger partial charge in [-0.05, 0) is 30.7 Å². The first kappa shape index (κ1) is 15.0. The van der Waals surface area contributed by atoms with Gasteiger partial charge >= 0.3 is 0 Å². The van der Waals surface area contributed by atoms with Crippen LogP contribution in [-0.2, 0) is 6.54 Å². The molecule has 1 amide bonds. The van der Waals surface area contributed by atoms with E-state index in [1.54, 1.807) is 0 Å². The molecule has 1 heterocycles. The van der Waals surface area contributed by atoms with Crippen molar-refractivity contribution in [3.05, 3.63) is 35.4 Å². The molecule has 0 spiro atoms. The summed E-state index contributed by atoms with van der Waals surface area (Å²) in [6, 6.07) is 7.53. The van der Waals surface area contributed by atoms with Crippen molar-refractivity contribution >= 4 is 5.91 Å². The zero-order chi connectivity index (χ0) is 14.4. The third kappa shape index (κ3) is 3.79. The topological polar surface area (TPSA) is 69.8 Å². The monoisotopic (exact) mass is 277 g/mol. The summed E-state index contributed by atoms with van der Waals surface area (Å²) in [5, 5.41) is 8.99. The Bertz CT molecular complexity index is 450. The molecule has 1 aliphatic rings. The Kier molecular flexibility index (Phi) is 5.52. The maximum Gasteiger partial charge on any atom is 0.253 e. The molecule has 0 atom stereocenters. The van der Waals surface area contributed by atoms with E-state index in [9.17, 15) is 4.79 Å². The average Bonchev–Trinajstić information content (AvgIpc) is 2.73. The Labute approximate surface area is 120 Å². The summed E-state index contributed by atoms with van der Waals surface area (Å²) in [5.41, 5.74) is 7.31. The number of hydrogen-bond donors (Lipinski definition) is 2.